The molecule has 0 spiro atoms. The summed E-state index contributed by atoms with van der Waals surface area (Å²) in [5, 5.41) is 3.90. The van der Waals surface area contributed by atoms with E-state index in [0.29, 0.717) is 24.0 Å². The highest BCUT2D eigenvalue weighted by atomic mass is 35.5. The fourth-order valence-corrected chi connectivity index (χ4v) is 2.49. The Kier molecular flexibility index (Phi) is 3.59. The Hall–Kier alpha value is -0.970. The molecule has 0 saturated carbocycles. The lowest BCUT2D eigenvalue weighted by atomic mass is 10.1. The first-order chi connectivity index (χ1) is 8.84. The number of benzene rings is 1. The fraction of sp³-hybridized carbons (Fsp3) is 0.538. The van der Waals surface area contributed by atoms with E-state index in [1.807, 2.05) is 12.1 Å². The van der Waals surface area contributed by atoms with Gasteiger partial charge in [0.2, 0.25) is 0 Å². The van der Waals surface area contributed by atoms with Crippen LogP contribution < -0.4 is 14.8 Å². The summed E-state index contributed by atoms with van der Waals surface area (Å²) in [5.74, 6) is 1.38. The highest BCUT2D eigenvalue weighted by molar-refractivity contribution is 6.32. The van der Waals surface area contributed by atoms with Crippen LogP contribution in [0.4, 0.5) is 0 Å². The summed E-state index contributed by atoms with van der Waals surface area (Å²) in [4.78, 5) is 0. The van der Waals surface area contributed by atoms with Crippen LogP contribution in [-0.2, 0) is 4.74 Å². The van der Waals surface area contributed by atoms with Gasteiger partial charge in [-0.1, -0.05) is 11.6 Å². The Morgan fingerprint density at radius 3 is 2.89 bits per heavy atom. The number of rotatable bonds is 1. The Bertz CT molecular complexity index is 432. The summed E-state index contributed by atoms with van der Waals surface area (Å²) < 4.78 is 17.0. The maximum atomic E-state index is 6.26. The van der Waals surface area contributed by atoms with E-state index in [1.54, 1.807) is 0 Å². The molecule has 0 radical (unpaired) electrons. The third-order valence-corrected chi connectivity index (χ3v) is 3.40. The zero-order chi connectivity index (χ0) is 12.4. The van der Waals surface area contributed by atoms with Gasteiger partial charge in [0.15, 0.2) is 11.5 Å². The van der Waals surface area contributed by atoms with Crippen LogP contribution in [0.2, 0.25) is 5.02 Å². The smallest absolute Gasteiger partial charge is 0.179 e. The number of hydrogen-bond acceptors (Lipinski definition) is 4. The van der Waals surface area contributed by atoms with Crippen LogP contribution in [0.3, 0.4) is 0 Å². The molecule has 1 fully saturated rings. The second-order valence-electron chi connectivity index (χ2n) is 4.44. The molecular weight excluding hydrogens is 254 g/mol. The van der Waals surface area contributed by atoms with E-state index in [0.717, 1.165) is 37.4 Å². The quantitative estimate of drug-likeness (QED) is 0.848. The minimum atomic E-state index is 0.0356. The lowest BCUT2D eigenvalue weighted by molar-refractivity contribution is 0.0275. The summed E-state index contributed by atoms with van der Waals surface area (Å²) in [7, 11) is 0. The van der Waals surface area contributed by atoms with Gasteiger partial charge in [-0.05, 0) is 17.7 Å². The SMILES string of the molecule is Clc1cc(C2CNCCO2)cc2c1OCCCO2. The molecule has 1 aromatic carbocycles. The monoisotopic (exact) mass is 269 g/mol. The molecule has 0 bridgehead atoms. The van der Waals surface area contributed by atoms with Crippen molar-refractivity contribution in [1.82, 2.24) is 5.32 Å². The van der Waals surface area contributed by atoms with Crippen LogP contribution >= 0.6 is 11.6 Å². The van der Waals surface area contributed by atoms with Gasteiger partial charge in [-0.3, -0.25) is 0 Å². The molecule has 1 saturated heterocycles. The minimum absolute atomic E-state index is 0.0356. The Morgan fingerprint density at radius 1 is 1.17 bits per heavy atom. The second-order valence-corrected chi connectivity index (χ2v) is 4.85. The van der Waals surface area contributed by atoms with E-state index in [2.05, 4.69) is 5.32 Å². The summed E-state index contributed by atoms with van der Waals surface area (Å²) in [6.07, 6.45) is 0.912. The van der Waals surface area contributed by atoms with Crippen molar-refractivity contribution in [2.75, 3.05) is 32.9 Å². The van der Waals surface area contributed by atoms with Crippen LogP contribution in [0, 0.1) is 0 Å². The number of nitrogens with one attached hydrogen (secondary N) is 1. The third kappa shape index (κ3) is 2.41. The number of halogens is 1. The third-order valence-electron chi connectivity index (χ3n) is 3.12. The van der Waals surface area contributed by atoms with Crippen molar-refractivity contribution in [2.24, 2.45) is 0 Å². The molecule has 0 aromatic heterocycles. The van der Waals surface area contributed by atoms with Crippen LogP contribution in [-0.4, -0.2) is 32.9 Å². The molecule has 0 amide bonds. The Morgan fingerprint density at radius 2 is 2.06 bits per heavy atom. The molecule has 3 rings (SSSR count). The van der Waals surface area contributed by atoms with Crippen molar-refractivity contribution in [3.05, 3.63) is 22.7 Å². The average Bonchev–Trinajstić information content (AvgIpc) is 2.65. The highest BCUT2D eigenvalue weighted by Gasteiger charge is 2.21. The first-order valence-electron chi connectivity index (χ1n) is 6.26. The Labute approximate surface area is 111 Å². The van der Waals surface area contributed by atoms with Crippen molar-refractivity contribution < 1.29 is 14.2 Å². The van der Waals surface area contributed by atoms with Gasteiger partial charge < -0.3 is 19.5 Å². The zero-order valence-corrected chi connectivity index (χ0v) is 10.8. The molecular formula is C13H16ClNO3. The van der Waals surface area contributed by atoms with Gasteiger partial charge in [-0.25, -0.2) is 0 Å². The van der Waals surface area contributed by atoms with E-state index >= 15 is 0 Å². The number of fused-ring (bicyclic) bond motifs is 1. The molecule has 2 heterocycles. The predicted molar refractivity (Wildman–Crippen MR) is 68.6 cm³/mol. The van der Waals surface area contributed by atoms with E-state index in [4.69, 9.17) is 25.8 Å². The minimum Gasteiger partial charge on any atom is -0.489 e. The maximum Gasteiger partial charge on any atom is 0.179 e. The van der Waals surface area contributed by atoms with Gasteiger partial charge in [0, 0.05) is 19.5 Å². The number of morpholine rings is 1. The first kappa shape index (κ1) is 12.1. The largest absolute Gasteiger partial charge is 0.489 e. The summed E-state index contributed by atoms with van der Waals surface area (Å²) >= 11 is 6.26. The van der Waals surface area contributed by atoms with E-state index in [9.17, 15) is 0 Å². The summed E-state index contributed by atoms with van der Waals surface area (Å²) in [5.41, 5.74) is 1.04. The molecule has 1 unspecified atom stereocenters. The van der Waals surface area contributed by atoms with Gasteiger partial charge >= 0.3 is 0 Å². The standard InChI is InChI=1S/C13H16ClNO3/c14-10-6-9(12-8-15-2-5-17-12)7-11-13(10)18-4-1-3-16-11/h6-7,12,15H,1-5,8H2. The highest BCUT2D eigenvalue weighted by Crippen LogP contribution is 2.39. The van der Waals surface area contributed by atoms with Crippen molar-refractivity contribution >= 4 is 11.6 Å². The average molecular weight is 270 g/mol. The number of ether oxygens (including phenoxy) is 3. The van der Waals surface area contributed by atoms with Crippen molar-refractivity contribution in [3.63, 3.8) is 0 Å². The molecule has 18 heavy (non-hydrogen) atoms. The lowest BCUT2D eigenvalue weighted by Gasteiger charge is -2.24. The topological polar surface area (TPSA) is 39.7 Å². The first-order valence-corrected chi connectivity index (χ1v) is 6.64. The van der Waals surface area contributed by atoms with Gasteiger partial charge in [-0.15, -0.1) is 0 Å². The maximum absolute atomic E-state index is 6.26. The molecule has 0 aliphatic carbocycles. The lowest BCUT2D eigenvalue weighted by Crippen LogP contribution is -2.33. The molecule has 1 aromatic rings. The predicted octanol–water partition coefficient (Wildman–Crippen LogP) is 2.16. The normalized spacial score (nSPS) is 23.5. The van der Waals surface area contributed by atoms with Crippen LogP contribution in [0.5, 0.6) is 11.5 Å². The molecule has 2 aliphatic rings. The zero-order valence-electron chi connectivity index (χ0n) is 10.1. The van der Waals surface area contributed by atoms with Crippen molar-refractivity contribution in [2.45, 2.75) is 12.5 Å². The van der Waals surface area contributed by atoms with E-state index < -0.39 is 0 Å². The van der Waals surface area contributed by atoms with Crippen molar-refractivity contribution in [1.29, 1.82) is 0 Å². The van der Waals surface area contributed by atoms with Crippen LogP contribution in [0.25, 0.3) is 0 Å². The van der Waals surface area contributed by atoms with E-state index in [-0.39, 0.29) is 6.10 Å². The summed E-state index contributed by atoms with van der Waals surface area (Å²) in [6.45, 7) is 3.73. The van der Waals surface area contributed by atoms with Gasteiger partial charge in [0.25, 0.3) is 0 Å². The van der Waals surface area contributed by atoms with Crippen molar-refractivity contribution in [3.8, 4) is 11.5 Å². The molecule has 5 heteroatoms. The molecule has 4 nitrogen and oxygen atoms in total. The molecule has 1 atom stereocenters. The molecule has 2 aliphatic heterocycles. The summed E-state index contributed by atoms with van der Waals surface area (Å²) in [6, 6.07) is 3.89. The number of hydrogen-bond donors (Lipinski definition) is 1. The second kappa shape index (κ2) is 5.34. The fourth-order valence-electron chi connectivity index (χ4n) is 2.22. The van der Waals surface area contributed by atoms with Gasteiger partial charge in [0.1, 0.15) is 0 Å². The molecule has 98 valence electrons. The van der Waals surface area contributed by atoms with Crippen LogP contribution in [0.1, 0.15) is 18.1 Å². The van der Waals surface area contributed by atoms with E-state index in [1.165, 1.54) is 0 Å². The van der Waals surface area contributed by atoms with Crippen LogP contribution in [0.15, 0.2) is 12.1 Å². The molecule has 1 N–H and O–H groups in total. The Balaban J connectivity index is 1.91. The van der Waals surface area contributed by atoms with Gasteiger partial charge in [-0.2, -0.15) is 0 Å². The van der Waals surface area contributed by atoms with Gasteiger partial charge in [0.05, 0.1) is 30.9 Å².